The van der Waals surface area contributed by atoms with Crippen molar-refractivity contribution >= 4 is 5.91 Å². The van der Waals surface area contributed by atoms with Crippen LogP contribution in [0.4, 0.5) is 0 Å². The summed E-state index contributed by atoms with van der Waals surface area (Å²) in [4.78, 5) is 12.2. The van der Waals surface area contributed by atoms with E-state index in [4.69, 9.17) is 5.73 Å². The van der Waals surface area contributed by atoms with Gasteiger partial charge in [0, 0.05) is 19.0 Å². The molecule has 1 atom stereocenters. The van der Waals surface area contributed by atoms with E-state index in [1.807, 2.05) is 31.2 Å². The molecular formula is C18H22N2O3. The predicted octanol–water partition coefficient (Wildman–Crippen LogP) is 2.05. The number of rotatable bonds is 6. The normalized spacial score (nSPS) is 11.9. The lowest BCUT2D eigenvalue weighted by atomic mass is 10.00. The smallest absolute Gasteiger partial charge is 0.223 e. The van der Waals surface area contributed by atoms with E-state index in [-0.39, 0.29) is 23.3 Å². The second-order valence-corrected chi connectivity index (χ2v) is 5.67. The second kappa shape index (κ2) is 7.65. The number of carbonyl (C=O) groups excluding carboxylic acids is 1. The van der Waals surface area contributed by atoms with Crippen LogP contribution in [0.5, 0.6) is 11.5 Å². The molecule has 0 aliphatic heterocycles. The van der Waals surface area contributed by atoms with Crippen LogP contribution < -0.4 is 11.1 Å². The molecule has 5 N–H and O–H groups in total. The van der Waals surface area contributed by atoms with E-state index in [0.717, 1.165) is 16.7 Å². The molecule has 0 saturated carbocycles. The van der Waals surface area contributed by atoms with E-state index in [0.29, 0.717) is 19.5 Å². The van der Waals surface area contributed by atoms with Crippen molar-refractivity contribution in [3.8, 4) is 11.5 Å². The number of phenols is 2. The summed E-state index contributed by atoms with van der Waals surface area (Å²) >= 11 is 0. The van der Waals surface area contributed by atoms with E-state index in [2.05, 4.69) is 5.32 Å². The molecule has 1 amide bonds. The van der Waals surface area contributed by atoms with Gasteiger partial charge in [-0.25, -0.2) is 0 Å². The molecule has 1 unspecified atom stereocenters. The molecule has 0 fully saturated rings. The van der Waals surface area contributed by atoms with Crippen LogP contribution in [-0.4, -0.2) is 16.1 Å². The number of hydrogen-bond donors (Lipinski definition) is 4. The molecule has 0 saturated heterocycles. The average Bonchev–Trinajstić information content (AvgIpc) is 2.56. The maximum Gasteiger partial charge on any atom is 0.223 e. The lowest BCUT2D eigenvalue weighted by Crippen LogP contribution is -2.29. The van der Waals surface area contributed by atoms with Gasteiger partial charge < -0.3 is 21.3 Å². The standard InChI is InChI=1S/C18H22N2O3/c1-12(7-13-5-6-16(21)17(22)9-13)18(23)20-11-15-4-2-3-14(8-15)10-19/h2-6,8-9,12,21-22H,7,10-11,19H2,1H3,(H,20,23). The van der Waals surface area contributed by atoms with Crippen LogP contribution in [0.2, 0.25) is 0 Å². The first kappa shape index (κ1) is 16.8. The van der Waals surface area contributed by atoms with Crippen LogP contribution >= 0.6 is 0 Å². The predicted molar refractivity (Wildman–Crippen MR) is 88.8 cm³/mol. The number of phenolic OH excluding ortho intramolecular Hbond substituents is 2. The number of benzene rings is 2. The fourth-order valence-electron chi connectivity index (χ4n) is 2.37. The minimum absolute atomic E-state index is 0.0595. The minimum Gasteiger partial charge on any atom is -0.504 e. The van der Waals surface area contributed by atoms with Crippen LogP contribution in [-0.2, 0) is 24.3 Å². The van der Waals surface area contributed by atoms with E-state index >= 15 is 0 Å². The number of nitrogens with two attached hydrogens (primary N) is 1. The Morgan fingerprint density at radius 2 is 1.83 bits per heavy atom. The van der Waals surface area contributed by atoms with Crippen molar-refractivity contribution in [3.63, 3.8) is 0 Å². The highest BCUT2D eigenvalue weighted by atomic mass is 16.3. The van der Waals surface area contributed by atoms with Gasteiger partial charge in [0.2, 0.25) is 5.91 Å². The lowest BCUT2D eigenvalue weighted by Gasteiger charge is -2.13. The van der Waals surface area contributed by atoms with Crippen molar-refractivity contribution in [1.82, 2.24) is 5.32 Å². The Morgan fingerprint density at radius 3 is 2.52 bits per heavy atom. The molecule has 0 aromatic heterocycles. The van der Waals surface area contributed by atoms with Crippen molar-refractivity contribution in [2.24, 2.45) is 11.7 Å². The van der Waals surface area contributed by atoms with Gasteiger partial charge in [-0.1, -0.05) is 37.3 Å². The van der Waals surface area contributed by atoms with Crippen LogP contribution in [0.15, 0.2) is 42.5 Å². The zero-order valence-electron chi connectivity index (χ0n) is 13.1. The highest BCUT2D eigenvalue weighted by Crippen LogP contribution is 2.26. The molecular weight excluding hydrogens is 292 g/mol. The Labute approximate surface area is 135 Å². The fourth-order valence-corrected chi connectivity index (χ4v) is 2.37. The van der Waals surface area contributed by atoms with E-state index in [9.17, 15) is 15.0 Å². The van der Waals surface area contributed by atoms with E-state index in [1.54, 1.807) is 6.07 Å². The molecule has 5 nitrogen and oxygen atoms in total. The zero-order valence-corrected chi connectivity index (χ0v) is 13.1. The van der Waals surface area contributed by atoms with Gasteiger partial charge in [-0.2, -0.15) is 0 Å². The number of amides is 1. The summed E-state index contributed by atoms with van der Waals surface area (Å²) in [6, 6.07) is 12.4. The van der Waals surface area contributed by atoms with Gasteiger partial charge in [-0.15, -0.1) is 0 Å². The van der Waals surface area contributed by atoms with Crippen molar-refractivity contribution in [2.45, 2.75) is 26.4 Å². The summed E-state index contributed by atoms with van der Waals surface area (Å²) in [5.41, 5.74) is 8.45. The summed E-state index contributed by atoms with van der Waals surface area (Å²) in [5.74, 6) is -0.633. The van der Waals surface area contributed by atoms with E-state index < -0.39 is 0 Å². The number of nitrogens with one attached hydrogen (secondary N) is 1. The third-order valence-electron chi connectivity index (χ3n) is 3.72. The third kappa shape index (κ3) is 4.72. The zero-order chi connectivity index (χ0) is 16.8. The SMILES string of the molecule is CC(Cc1ccc(O)c(O)c1)C(=O)NCc1cccc(CN)c1. The Bertz CT molecular complexity index is 686. The van der Waals surface area contributed by atoms with E-state index in [1.165, 1.54) is 12.1 Å². The molecule has 0 aliphatic carbocycles. The summed E-state index contributed by atoms with van der Waals surface area (Å²) in [6.07, 6.45) is 0.489. The van der Waals surface area contributed by atoms with Crippen LogP contribution in [0.3, 0.4) is 0 Å². The summed E-state index contributed by atoms with van der Waals surface area (Å²) < 4.78 is 0. The molecule has 5 heteroatoms. The number of carbonyl (C=O) groups is 1. The van der Waals surface area contributed by atoms with Gasteiger partial charge in [0.15, 0.2) is 11.5 Å². The second-order valence-electron chi connectivity index (χ2n) is 5.67. The van der Waals surface area contributed by atoms with Crippen molar-refractivity contribution in [3.05, 3.63) is 59.2 Å². The van der Waals surface area contributed by atoms with Crippen LogP contribution in [0.1, 0.15) is 23.6 Å². The first-order valence-electron chi connectivity index (χ1n) is 7.56. The fraction of sp³-hybridized carbons (Fsp3) is 0.278. The lowest BCUT2D eigenvalue weighted by molar-refractivity contribution is -0.124. The number of hydrogen-bond acceptors (Lipinski definition) is 4. The first-order valence-corrected chi connectivity index (χ1v) is 7.56. The van der Waals surface area contributed by atoms with Crippen molar-refractivity contribution in [1.29, 1.82) is 0 Å². The summed E-state index contributed by atoms with van der Waals surface area (Å²) in [6.45, 7) is 2.76. The van der Waals surface area contributed by atoms with Gasteiger partial charge in [0.05, 0.1) is 0 Å². The quantitative estimate of drug-likeness (QED) is 0.614. The molecule has 122 valence electrons. The van der Waals surface area contributed by atoms with Gasteiger partial charge in [0.25, 0.3) is 0 Å². The first-order chi connectivity index (χ1) is 11.0. The van der Waals surface area contributed by atoms with Gasteiger partial charge in [-0.05, 0) is 35.2 Å². The Hall–Kier alpha value is -2.53. The Kier molecular flexibility index (Phi) is 5.60. The number of aromatic hydroxyl groups is 2. The van der Waals surface area contributed by atoms with Gasteiger partial charge in [0.1, 0.15) is 0 Å². The minimum atomic E-state index is -0.239. The monoisotopic (exact) mass is 314 g/mol. The Morgan fingerprint density at radius 1 is 1.09 bits per heavy atom. The summed E-state index contributed by atoms with van der Waals surface area (Å²) in [7, 11) is 0. The molecule has 0 spiro atoms. The van der Waals surface area contributed by atoms with Crippen molar-refractivity contribution < 1.29 is 15.0 Å². The molecule has 0 heterocycles. The maximum absolute atomic E-state index is 12.2. The average molecular weight is 314 g/mol. The molecule has 2 aromatic carbocycles. The highest BCUT2D eigenvalue weighted by Gasteiger charge is 2.14. The molecule has 0 aliphatic rings. The molecule has 0 bridgehead atoms. The largest absolute Gasteiger partial charge is 0.504 e. The molecule has 0 radical (unpaired) electrons. The molecule has 2 rings (SSSR count). The Balaban J connectivity index is 1.90. The van der Waals surface area contributed by atoms with Crippen LogP contribution in [0.25, 0.3) is 0 Å². The third-order valence-corrected chi connectivity index (χ3v) is 3.72. The topological polar surface area (TPSA) is 95.6 Å². The van der Waals surface area contributed by atoms with Crippen molar-refractivity contribution in [2.75, 3.05) is 0 Å². The summed E-state index contributed by atoms with van der Waals surface area (Å²) in [5, 5.41) is 21.7. The van der Waals surface area contributed by atoms with Crippen LogP contribution in [0, 0.1) is 5.92 Å². The van der Waals surface area contributed by atoms with Gasteiger partial charge >= 0.3 is 0 Å². The van der Waals surface area contributed by atoms with Gasteiger partial charge in [-0.3, -0.25) is 4.79 Å². The molecule has 2 aromatic rings. The maximum atomic E-state index is 12.2. The highest BCUT2D eigenvalue weighted by molar-refractivity contribution is 5.78. The molecule has 23 heavy (non-hydrogen) atoms.